The van der Waals surface area contributed by atoms with Crippen molar-refractivity contribution >= 4 is 34.6 Å². The molecule has 1 N–H and O–H groups in total. The topological polar surface area (TPSA) is 99.3 Å². The van der Waals surface area contributed by atoms with Gasteiger partial charge in [0.05, 0.1) is 6.54 Å². The summed E-state index contributed by atoms with van der Waals surface area (Å²) in [5.41, 5.74) is 2.79. The van der Waals surface area contributed by atoms with Gasteiger partial charge >= 0.3 is 12.0 Å². The van der Waals surface area contributed by atoms with Gasteiger partial charge in [0.15, 0.2) is 0 Å². The van der Waals surface area contributed by atoms with Crippen molar-refractivity contribution in [2.75, 3.05) is 13.1 Å². The summed E-state index contributed by atoms with van der Waals surface area (Å²) in [6, 6.07) is 29.8. The van der Waals surface area contributed by atoms with Gasteiger partial charge in [-0.1, -0.05) is 98.3 Å². The summed E-state index contributed by atoms with van der Waals surface area (Å²) in [5, 5.41) is 5.16. The number of carbonyl (C=O) groups is 4. The smallest absolute Gasteiger partial charge is 0.319 e. The van der Waals surface area contributed by atoms with Crippen LogP contribution in [0, 0.1) is 0 Å². The predicted molar refractivity (Wildman–Crippen MR) is 179 cm³/mol. The van der Waals surface area contributed by atoms with Crippen LogP contribution in [0.4, 0.5) is 4.79 Å². The van der Waals surface area contributed by atoms with Gasteiger partial charge in [-0.25, -0.2) is 4.79 Å². The third kappa shape index (κ3) is 7.30. The Bertz CT molecular complexity index is 1740. The number of carbonyl (C=O) groups excluding carboxylic acids is 4. The maximum Gasteiger partial charge on any atom is 0.319 e. The number of rotatable bonds is 10. The molecule has 242 valence electrons. The predicted octanol–water partition coefficient (Wildman–Crippen LogP) is 5.66. The van der Waals surface area contributed by atoms with Crippen molar-refractivity contribution in [1.82, 2.24) is 20.0 Å². The number of amides is 4. The number of hydrogen-bond acceptors (Lipinski definition) is 5. The normalized spacial score (nSPS) is 17.9. The first-order valence-electron chi connectivity index (χ1n) is 16.4. The van der Waals surface area contributed by atoms with Crippen LogP contribution < -0.4 is 10.1 Å². The molecule has 4 aromatic rings. The van der Waals surface area contributed by atoms with E-state index < -0.39 is 12.2 Å². The maximum atomic E-state index is 14.3. The van der Waals surface area contributed by atoms with E-state index in [-0.39, 0.29) is 49.7 Å². The van der Waals surface area contributed by atoms with Gasteiger partial charge in [-0.05, 0) is 46.0 Å². The standard InChI is InChI=1S/C38H40N4O5/c1-2-3-16-36(44)47-31-19-17-27(18-20-31)23-33-37(45)40(25-30-14-9-13-29-12-7-8-15-32(29)30)26-34-41(22-21-35(43)42(33)34)38(46)39-24-28-10-5-4-6-11-28/h4-15,17-20,33-34H,2-3,16,21-26H2,1H3,(H,39,46)/t33-,34+/m0/s1. The first-order valence-corrected chi connectivity index (χ1v) is 16.4. The molecule has 0 radical (unpaired) electrons. The molecule has 2 aliphatic rings. The summed E-state index contributed by atoms with van der Waals surface area (Å²) < 4.78 is 5.47. The molecule has 0 saturated carbocycles. The van der Waals surface area contributed by atoms with Gasteiger partial charge in [-0.2, -0.15) is 0 Å². The Morgan fingerprint density at radius 3 is 2.40 bits per heavy atom. The Hall–Kier alpha value is -5.18. The van der Waals surface area contributed by atoms with E-state index in [0.717, 1.165) is 40.3 Å². The summed E-state index contributed by atoms with van der Waals surface area (Å²) >= 11 is 0. The fourth-order valence-corrected chi connectivity index (χ4v) is 6.49. The van der Waals surface area contributed by atoms with Crippen LogP contribution in [0.15, 0.2) is 97.1 Å². The van der Waals surface area contributed by atoms with E-state index in [2.05, 4.69) is 5.32 Å². The van der Waals surface area contributed by atoms with Crippen LogP contribution in [0.1, 0.15) is 49.3 Å². The van der Waals surface area contributed by atoms with Crippen molar-refractivity contribution in [3.8, 4) is 5.75 Å². The molecule has 0 spiro atoms. The molecule has 2 heterocycles. The van der Waals surface area contributed by atoms with Crippen molar-refractivity contribution in [3.05, 3.63) is 114 Å². The minimum Gasteiger partial charge on any atom is -0.427 e. The van der Waals surface area contributed by atoms with Crippen LogP contribution in [0.5, 0.6) is 5.75 Å². The number of unbranched alkanes of at least 4 members (excludes halogenated alkanes) is 1. The summed E-state index contributed by atoms with van der Waals surface area (Å²) in [7, 11) is 0. The molecule has 0 unspecified atom stereocenters. The lowest BCUT2D eigenvalue weighted by Crippen LogP contribution is -2.72. The Labute approximate surface area is 275 Å². The number of ether oxygens (including phenoxy) is 1. The lowest BCUT2D eigenvalue weighted by molar-refractivity contribution is -0.167. The van der Waals surface area contributed by atoms with E-state index >= 15 is 0 Å². The lowest BCUT2D eigenvalue weighted by atomic mass is 9.96. The van der Waals surface area contributed by atoms with E-state index in [4.69, 9.17) is 4.74 Å². The van der Waals surface area contributed by atoms with Crippen molar-refractivity contribution in [2.45, 2.75) is 64.3 Å². The molecular weight excluding hydrogens is 592 g/mol. The number of nitrogens with one attached hydrogen (secondary N) is 1. The molecule has 2 aliphatic heterocycles. The molecule has 2 atom stereocenters. The molecule has 2 saturated heterocycles. The molecule has 9 heteroatoms. The molecule has 0 aromatic heterocycles. The van der Waals surface area contributed by atoms with E-state index in [1.165, 1.54) is 0 Å². The SMILES string of the molecule is CCCCC(=O)Oc1ccc(C[C@H]2C(=O)N(Cc3cccc4ccccc34)C[C@@H]3N(C(=O)NCc4ccccc4)CCC(=O)N32)cc1. The van der Waals surface area contributed by atoms with Gasteiger partial charge in [0.2, 0.25) is 11.8 Å². The lowest BCUT2D eigenvalue weighted by Gasteiger charge is -2.52. The number of urea groups is 1. The second kappa shape index (κ2) is 14.5. The summed E-state index contributed by atoms with van der Waals surface area (Å²) in [4.78, 5) is 58.8. The second-order valence-corrected chi connectivity index (χ2v) is 12.2. The van der Waals surface area contributed by atoms with E-state index in [1.54, 1.807) is 26.8 Å². The van der Waals surface area contributed by atoms with Crippen molar-refractivity contribution in [2.24, 2.45) is 0 Å². The highest BCUT2D eigenvalue weighted by Crippen LogP contribution is 2.30. The average molecular weight is 633 g/mol. The maximum absolute atomic E-state index is 14.3. The van der Waals surface area contributed by atoms with Crippen LogP contribution in [0.25, 0.3) is 10.8 Å². The quantitative estimate of drug-likeness (QED) is 0.180. The molecule has 4 aromatic carbocycles. The van der Waals surface area contributed by atoms with Gasteiger partial charge in [0.25, 0.3) is 0 Å². The highest BCUT2D eigenvalue weighted by atomic mass is 16.5. The molecule has 47 heavy (non-hydrogen) atoms. The van der Waals surface area contributed by atoms with E-state index in [9.17, 15) is 19.2 Å². The molecule has 0 bridgehead atoms. The van der Waals surface area contributed by atoms with Crippen molar-refractivity contribution < 1.29 is 23.9 Å². The first-order chi connectivity index (χ1) is 22.9. The van der Waals surface area contributed by atoms with Gasteiger partial charge < -0.3 is 24.8 Å². The largest absolute Gasteiger partial charge is 0.427 e. The molecule has 4 amide bonds. The number of fused-ring (bicyclic) bond motifs is 2. The molecule has 0 aliphatic carbocycles. The monoisotopic (exact) mass is 632 g/mol. The average Bonchev–Trinajstić information content (AvgIpc) is 3.09. The van der Waals surface area contributed by atoms with Gasteiger partial charge in [-0.3, -0.25) is 14.4 Å². The Morgan fingerprint density at radius 2 is 1.62 bits per heavy atom. The number of hydrogen-bond donors (Lipinski definition) is 1. The van der Waals surface area contributed by atoms with Crippen LogP contribution in [0.3, 0.4) is 0 Å². The Morgan fingerprint density at radius 1 is 0.872 bits per heavy atom. The number of nitrogens with zero attached hydrogens (tertiary/aromatic N) is 3. The van der Waals surface area contributed by atoms with Crippen LogP contribution in [-0.2, 0) is 33.9 Å². The highest BCUT2D eigenvalue weighted by molar-refractivity contribution is 5.92. The first kappa shape index (κ1) is 31.8. The number of esters is 1. The van der Waals surface area contributed by atoms with Gasteiger partial charge in [0, 0.05) is 38.9 Å². The van der Waals surface area contributed by atoms with Crippen molar-refractivity contribution in [3.63, 3.8) is 0 Å². The highest BCUT2D eigenvalue weighted by Gasteiger charge is 2.48. The zero-order chi connectivity index (χ0) is 32.8. The minimum atomic E-state index is -0.807. The van der Waals surface area contributed by atoms with E-state index in [1.807, 2.05) is 91.9 Å². The number of piperazine rings is 1. The van der Waals surface area contributed by atoms with Gasteiger partial charge in [-0.15, -0.1) is 0 Å². The zero-order valence-electron chi connectivity index (χ0n) is 26.6. The van der Waals surface area contributed by atoms with Crippen LogP contribution >= 0.6 is 0 Å². The van der Waals surface area contributed by atoms with Crippen LogP contribution in [0.2, 0.25) is 0 Å². The molecule has 2 fully saturated rings. The van der Waals surface area contributed by atoms with Gasteiger partial charge in [0.1, 0.15) is 18.0 Å². The summed E-state index contributed by atoms with van der Waals surface area (Å²) in [6.45, 7) is 3.19. The van der Waals surface area contributed by atoms with E-state index in [0.29, 0.717) is 25.3 Å². The second-order valence-electron chi connectivity index (χ2n) is 12.2. The molecular formula is C38H40N4O5. The summed E-state index contributed by atoms with van der Waals surface area (Å²) in [5.74, 6) is -0.148. The Kier molecular flexibility index (Phi) is 9.80. The molecule has 9 nitrogen and oxygen atoms in total. The molecule has 6 rings (SSSR count). The fourth-order valence-electron chi connectivity index (χ4n) is 6.49. The fraction of sp³-hybridized carbons (Fsp3) is 0.316. The van der Waals surface area contributed by atoms with Crippen LogP contribution in [-0.4, -0.2) is 63.8 Å². The third-order valence-electron chi connectivity index (χ3n) is 8.96. The zero-order valence-corrected chi connectivity index (χ0v) is 26.6. The third-order valence-corrected chi connectivity index (χ3v) is 8.96. The minimum absolute atomic E-state index is 0.134. The van der Waals surface area contributed by atoms with Crippen molar-refractivity contribution in [1.29, 1.82) is 0 Å². The Balaban J connectivity index is 1.27. The summed E-state index contributed by atoms with van der Waals surface area (Å²) in [6.07, 6.45) is 1.80. The number of benzene rings is 4.